The molecule has 0 spiro atoms. The van der Waals surface area contributed by atoms with Gasteiger partial charge in [-0.2, -0.15) is 0 Å². The van der Waals surface area contributed by atoms with E-state index in [2.05, 4.69) is 4.90 Å². The fraction of sp³-hybridized carbons (Fsp3) is 0.611. The van der Waals surface area contributed by atoms with E-state index in [4.69, 9.17) is 4.74 Å². The van der Waals surface area contributed by atoms with Gasteiger partial charge < -0.3 is 9.64 Å². The smallest absolute Gasteiger partial charge is 0.233 e. The lowest BCUT2D eigenvalue weighted by Crippen LogP contribution is -2.50. The van der Waals surface area contributed by atoms with E-state index >= 15 is 0 Å². The van der Waals surface area contributed by atoms with Crippen molar-refractivity contribution < 1.29 is 9.53 Å². The van der Waals surface area contributed by atoms with Crippen molar-refractivity contribution in [3.8, 4) is 5.75 Å². The second kappa shape index (κ2) is 7.40. The number of likely N-dealkylation sites (tertiary alicyclic amines) is 1. The van der Waals surface area contributed by atoms with Crippen molar-refractivity contribution in [1.29, 1.82) is 0 Å². The third-order valence-electron chi connectivity index (χ3n) is 4.97. The van der Waals surface area contributed by atoms with E-state index in [-0.39, 0.29) is 0 Å². The molecule has 2 atom stereocenters. The molecule has 0 N–H and O–H groups in total. The Morgan fingerprint density at radius 1 is 1.27 bits per heavy atom. The highest BCUT2D eigenvalue weighted by Crippen LogP contribution is 2.35. The van der Waals surface area contributed by atoms with Crippen molar-refractivity contribution in [2.75, 3.05) is 19.4 Å². The number of ether oxygens (including phenoxy) is 1. The second-order valence-corrected chi connectivity index (χ2v) is 7.36. The first-order valence-corrected chi connectivity index (χ1v) is 9.33. The molecule has 3 rings (SSSR count). The van der Waals surface area contributed by atoms with Gasteiger partial charge in [-0.15, -0.1) is 11.8 Å². The summed E-state index contributed by atoms with van der Waals surface area (Å²) < 4.78 is 5.24. The van der Waals surface area contributed by atoms with Gasteiger partial charge in [0, 0.05) is 17.5 Å². The maximum atomic E-state index is 12.7. The average Bonchev–Trinajstić information content (AvgIpc) is 2.59. The molecule has 1 amide bonds. The van der Waals surface area contributed by atoms with Gasteiger partial charge in [0.25, 0.3) is 0 Å². The average molecular weight is 319 g/mol. The summed E-state index contributed by atoms with van der Waals surface area (Å²) in [5, 5.41) is 0. The van der Waals surface area contributed by atoms with Gasteiger partial charge in [0.1, 0.15) is 5.75 Å². The van der Waals surface area contributed by atoms with Crippen LogP contribution in [-0.2, 0) is 4.79 Å². The molecule has 120 valence electrons. The summed E-state index contributed by atoms with van der Waals surface area (Å²) in [6, 6.07) is 8.46. The van der Waals surface area contributed by atoms with Crippen LogP contribution in [0.2, 0.25) is 0 Å². The normalized spacial score (nSPS) is 24.7. The minimum Gasteiger partial charge on any atom is -0.497 e. The van der Waals surface area contributed by atoms with Gasteiger partial charge >= 0.3 is 0 Å². The minimum atomic E-state index is 0.310. The van der Waals surface area contributed by atoms with E-state index in [1.807, 2.05) is 24.3 Å². The Morgan fingerprint density at radius 2 is 2.09 bits per heavy atom. The third kappa shape index (κ3) is 3.60. The van der Waals surface area contributed by atoms with Crippen LogP contribution in [0.5, 0.6) is 5.75 Å². The van der Waals surface area contributed by atoms with E-state index in [1.54, 1.807) is 18.9 Å². The Balaban J connectivity index is 1.58. The first-order chi connectivity index (χ1) is 10.8. The molecule has 0 radical (unpaired) electrons. The molecule has 2 fully saturated rings. The van der Waals surface area contributed by atoms with Crippen molar-refractivity contribution in [1.82, 2.24) is 4.90 Å². The Morgan fingerprint density at radius 3 is 2.95 bits per heavy atom. The van der Waals surface area contributed by atoms with E-state index < -0.39 is 0 Å². The van der Waals surface area contributed by atoms with Gasteiger partial charge in [-0.1, -0.05) is 18.9 Å². The molecule has 0 aromatic heterocycles. The zero-order valence-corrected chi connectivity index (χ0v) is 14.1. The zero-order valence-electron chi connectivity index (χ0n) is 13.3. The molecule has 0 bridgehead atoms. The largest absolute Gasteiger partial charge is 0.497 e. The fourth-order valence-electron chi connectivity index (χ4n) is 3.85. The lowest BCUT2D eigenvalue weighted by molar-refractivity contribution is -0.134. The van der Waals surface area contributed by atoms with Gasteiger partial charge in [-0.3, -0.25) is 4.79 Å². The molecular formula is C18H25NO2S. The summed E-state index contributed by atoms with van der Waals surface area (Å²) in [5.41, 5.74) is 0. The maximum Gasteiger partial charge on any atom is 0.233 e. The number of methoxy groups -OCH3 is 1. The first kappa shape index (κ1) is 15.7. The van der Waals surface area contributed by atoms with Gasteiger partial charge in [-0.25, -0.2) is 0 Å². The van der Waals surface area contributed by atoms with Gasteiger partial charge in [0.05, 0.1) is 12.9 Å². The van der Waals surface area contributed by atoms with Crippen molar-refractivity contribution in [3.63, 3.8) is 0 Å². The van der Waals surface area contributed by atoms with Crippen LogP contribution < -0.4 is 4.74 Å². The summed E-state index contributed by atoms with van der Waals surface area (Å²) in [7, 11) is 1.67. The van der Waals surface area contributed by atoms with E-state index in [0.717, 1.165) is 23.1 Å². The molecule has 3 nitrogen and oxygen atoms in total. The number of carbonyl (C=O) groups is 1. The highest BCUT2D eigenvalue weighted by Gasteiger charge is 2.35. The van der Waals surface area contributed by atoms with Crippen molar-refractivity contribution >= 4 is 17.7 Å². The van der Waals surface area contributed by atoms with E-state index in [1.165, 1.54) is 38.5 Å². The van der Waals surface area contributed by atoms with Crippen molar-refractivity contribution in [2.45, 2.75) is 49.5 Å². The molecule has 1 aliphatic carbocycles. The quantitative estimate of drug-likeness (QED) is 0.787. The molecule has 1 aromatic carbocycles. The number of thioether (sulfide) groups is 1. The standard InChI is InChI=1S/C18H25NO2S/c1-21-15-8-4-9-16(12-15)22-13-18(20)19-11-5-7-14-6-2-3-10-17(14)19/h4,8-9,12,14,17H,2-3,5-7,10-11,13H2,1H3. The predicted molar refractivity (Wildman–Crippen MR) is 90.4 cm³/mol. The zero-order chi connectivity index (χ0) is 15.4. The van der Waals surface area contributed by atoms with Gasteiger partial charge in [-0.05, 0) is 49.8 Å². The van der Waals surface area contributed by atoms with Crippen LogP contribution in [0.3, 0.4) is 0 Å². The summed E-state index contributed by atoms with van der Waals surface area (Å²) in [6.45, 7) is 0.957. The number of piperidine rings is 1. The SMILES string of the molecule is COc1cccc(SCC(=O)N2CCCC3CCCCC32)c1. The van der Waals surface area contributed by atoms with Crippen LogP contribution in [0.15, 0.2) is 29.2 Å². The van der Waals surface area contributed by atoms with Crippen LogP contribution in [0.1, 0.15) is 38.5 Å². The van der Waals surface area contributed by atoms with Crippen LogP contribution in [-0.4, -0.2) is 36.3 Å². The second-order valence-electron chi connectivity index (χ2n) is 6.31. The number of benzene rings is 1. The molecule has 2 aliphatic rings. The molecular weight excluding hydrogens is 294 g/mol. The minimum absolute atomic E-state index is 0.310. The number of nitrogens with zero attached hydrogens (tertiary/aromatic N) is 1. The Kier molecular flexibility index (Phi) is 5.29. The predicted octanol–water partition coefficient (Wildman–Crippen LogP) is 3.97. The molecule has 1 saturated carbocycles. The van der Waals surface area contributed by atoms with Crippen molar-refractivity contribution in [3.05, 3.63) is 24.3 Å². The molecule has 1 heterocycles. The number of carbonyl (C=O) groups excluding carboxylic acids is 1. The summed E-state index contributed by atoms with van der Waals surface area (Å²) in [6.07, 6.45) is 7.65. The van der Waals surface area contributed by atoms with E-state index in [0.29, 0.717) is 17.7 Å². The van der Waals surface area contributed by atoms with Gasteiger partial charge in [0.2, 0.25) is 5.91 Å². The molecule has 22 heavy (non-hydrogen) atoms. The topological polar surface area (TPSA) is 29.5 Å². The van der Waals surface area contributed by atoms with Crippen LogP contribution in [0.4, 0.5) is 0 Å². The molecule has 1 aliphatic heterocycles. The monoisotopic (exact) mass is 319 g/mol. The number of amides is 1. The fourth-order valence-corrected chi connectivity index (χ4v) is 4.68. The third-order valence-corrected chi connectivity index (χ3v) is 5.95. The summed E-state index contributed by atoms with van der Waals surface area (Å²) >= 11 is 1.62. The molecule has 1 aromatic rings. The van der Waals surface area contributed by atoms with Crippen LogP contribution >= 0.6 is 11.8 Å². The maximum absolute atomic E-state index is 12.7. The number of hydrogen-bond donors (Lipinski definition) is 0. The number of rotatable bonds is 4. The lowest BCUT2D eigenvalue weighted by Gasteiger charge is -2.44. The summed E-state index contributed by atoms with van der Waals surface area (Å²) in [4.78, 5) is 15.9. The lowest BCUT2D eigenvalue weighted by atomic mass is 9.78. The number of fused-ring (bicyclic) bond motifs is 1. The van der Waals surface area contributed by atoms with Gasteiger partial charge in [0.15, 0.2) is 0 Å². The van der Waals surface area contributed by atoms with Crippen molar-refractivity contribution in [2.24, 2.45) is 5.92 Å². The highest BCUT2D eigenvalue weighted by molar-refractivity contribution is 8.00. The molecule has 1 saturated heterocycles. The highest BCUT2D eigenvalue weighted by atomic mass is 32.2. The summed E-state index contributed by atoms with van der Waals surface area (Å²) in [5.74, 6) is 2.46. The van der Waals surface area contributed by atoms with Crippen LogP contribution in [0, 0.1) is 5.92 Å². The number of hydrogen-bond acceptors (Lipinski definition) is 3. The van der Waals surface area contributed by atoms with Crippen LogP contribution in [0.25, 0.3) is 0 Å². The Bertz CT molecular complexity index is 518. The molecule has 2 unspecified atom stereocenters. The Labute approximate surface area is 137 Å². The molecule has 4 heteroatoms. The van der Waals surface area contributed by atoms with E-state index in [9.17, 15) is 4.79 Å². The Hall–Kier alpha value is -1.16. The first-order valence-electron chi connectivity index (χ1n) is 8.34.